The molecule has 0 aromatic heterocycles. The third-order valence-electron chi connectivity index (χ3n) is 5.23. The van der Waals surface area contributed by atoms with Gasteiger partial charge in [0.25, 0.3) is 0 Å². The predicted molar refractivity (Wildman–Crippen MR) is 89.0 cm³/mol. The van der Waals surface area contributed by atoms with Crippen molar-refractivity contribution in [2.24, 2.45) is 20.9 Å². The molecule has 4 aliphatic rings. The number of hydrogen-bond acceptors (Lipinski definition) is 2. The second kappa shape index (κ2) is 5.45. The molecule has 0 heterocycles. The van der Waals surface area contributed by atoms with Gasteiger partial charge in [-0.15, -0.1) is 3.15 Å². The van der Waals surface area contributed by atoms with Gasteiger partial charge in [0.05, 0.1) is 0 Å². The summed E-state index contributed by atoms with van der Waals surface area (Å²) >= 11 is -0.613. The largest absolute Gasteiger partial charge is 0.441 e. The molecule has 0 unspecified atom stereocenters. The lowest BCUT2D eigenvalue weighted by atomic mass is 9.54. The molecule has 0 atom stereocenters. The van der Waals surface area contributed by atoms with Gasteiger partial charge >= 0.3 is 6.09 Å². The summed E-state index contributed by atoms with van der Waals surface area (Å²) in [7, 11) is 0. The van der Waals surface area contributed by atoms with Crippen LogP contribution in [0.2, 0.25) is 0 Å². The van der Waals surface area contributed by atoms with Crippen molar-refractivity contribution >= 4 is 27.1 Å². The van der Waals surface area contributed by atoms with Crippen molar-refractivity contribution in [1.82, 2.24) is 0 Å². The van der Waals surface area contributed by atoms with E-state index in [1.54, 1.807) is 0 Å². The molecule has 4 heteroatoms. The zero-order chi connectivity index (χ0) is 14.3. The molecule has 0 aliphatic heterocycles. The summed E-state index contributed by atoms with van der Waals surface area (Å²) in [6.07, 6.45) is 7.05. The molecule has 112 valence electrons. The summed E-state index contributed by atoms with van der Waals surface area (Å²) in [5.74, 6) is 2.40. The van der Waals surface area contributed by atoms with Crippen LogP contribution in [0.3, 0.4) is 0 Å². The lowest BCUT2D eigenvalue weighted by Crippen LogP contribution is -2.52. The Morgan fingerprint density at radius 1 is 1.05 bits per heavy atom. The zero-order valence-electron chi connectivity index (χ0n) is 12.0. The zero-order valence-corrected chi connectivity index (χ0v) is 14.2. The SMILES string of the molecule is O=C(N=Ic1ccccc1)OC12CC3CC(CC(C3)C1)C2. The summed E-state index contributed by atoms with van der Waals surface area (Å²) in [5.41, 5.74) is -0.157. The van der Waals surface area contributed by atoms with Gasteiger partial charge in [0, 0.05) is 24.6 Å². The normalized spacial score (nSPS) is 37.4. The molecule has 3 nitrogen and oxygen atoms in total. The molecule has 1 amide bonds. The predicted octanol–water partition coefficient (Wildman–Crippen LogP) is 5.12. The molecule has 4 aliphatic carbocycles. The highest BCUT2D eigenvalue weighted by Gasteiger charge is 2.53. The van der Waals surface area contributed by atoms with Gasteiger partial charge in [-0.1, -0.05) is 18.2 Å². The van der Waals surface area contributed by atoms with Gasteiger partial charge in [0.1, 0.15) is 5.60 Å². The van der Waals surface area contributed by atoms with Gasteiger partial charge in [-0.25, -0.2) is 4.79 Å². The van der Waals surface area contributed by atoms with E-state index in [1.165, 1.54) is 22.8 Å². The first-order valence-electron chi connectivity index (χ1n) is 7.84. The molecule has 0 N–H and O–H groups in total. The van der Waals surface area contributed by atoms with E-state index in [1.807, 2.05) is 30.3 Å². The average molecular weight is 397 g/mol. The van der Waals surface area contributed by atoms with Crippen molar-refractivity contribution < 1.29 is 9.53 Å². The fraction of sp³-hybridized carbons (Fsp3) is 0.588. The highest BCUT2D eigenvalue weighted by Crippen LogP contribution is 2.57. The summed E-state index contributed by atoms with van der Waals surface area (Å²) in [6, 6.07) is 10.1. The van der Waals surface area contributed by atoms with Gasteiger partial charge in [-0.2, -0.15) is 0 Å². The van der Waals surface area contributed by atoms with Crippen LogP contribution in [0.4, 0.5) is 4.79 Å². The van der Waals surface area contributed by atoms with Gasteiger partial charge in [0.2, 0.25) is 0 Å². The standard InChI is InChI=1S/C17H20INO2/c20-16(19-18-15-4-2-1-3-5-15)21-17-9-12-6-13(10-17)8-14(7-12)11-17/h1-5,12-14H,6-11H2. The van der Waals surface area contributed by atoms with Crippen LogP contribution in [0.25, 0.3) is 0 Å². The topological polar surface area (TPSA) is 38.7 Å². The number of halogens is 1. The minimum atomic E-state index is -0.613. The van der Waals surface area contributed by atoms with Crippen LogP contribution in [0, 0.1) is 21.3 Å². The molecular weight excluding hydrogens is 377 g/mol. The third kappa shape index (κ3) is 2.91. The van der Waals surface area contributed by atoms with Gasteiger partial charge < -0.3 is 4.74 Å². The maximum atomic E-state index is 12.1. The van der Waals surface area contributed by atoms with Crippen LogP contribution < -0.4 is 0 Å². The first kappa shape index (κ1) is 13.9. The number of carbonyl (C=O) groups excluding carboxylic acids is 1. The van der Waals surface area contributed by atoms with Crippen molar-refractivity contribution in [2.75, 3.05) is 0 Å². The van der Waals surface area contributed by atoms with Crippen LogP contribution in [0.5, 0.6) is 0 Å². The Kier molecular flexibility index (Phi) is 3.59. The summed E-state index contributed by atoms with van der Waals surface area (Å²) in [4.78, 5) is 12.1. The molecule has 0 radical (unpaired) electrons. The fourth-order valence-electron chi connectivity index (χ4n) is 4.91. The van der Waals surface area contributed by atoms with E-state index in [4.69, 9.17) is 4.74 Å². The van der Waals surface area contributed by atoms with Crippen LogP contribution in [-0.4, -0.2) is 11.7 Å². The van der Waals surface area contributed by atoms with Crippen molar-refractivity contribution in [2.45, 2.75) is 44.1 Å². The summed E-state index contributed by atoms with van der Waals surface area (Å²) < 4.78 is 11.3. The Morgan fingerprint density at radius 3 is 2.19 bits per heavy atom. The number of hydrogen-bond donors (Lipinski definition) is 0. The number of amides is 1. The van der Waals surface area contributed by atoms with Crippen LogP contribution in [0.1, 0.15) is 38.5 Å². The Bertz CT molecular complexity index is 534. The molecule has 4 fully saturated rings. The van der Waals surface area contributed by atoms with Gasteiger partial charge in [-0.05, 0) is 68.4 Å². The smallest absolute Gasteiger partial charge is 0.439 e. The second-order valence-corrected chi connectivity index (χ2v) is 9.14. The maximum Gasteiger partial charge on any atom is 0.439 e. The second-order valence-electron chi connectivity index (χ2n) is 6.93. The number of nitrogens with zero attached hydrogens (tertiary/aromatic N) is 1. The molecule has 0 saturated heterocycles. The van der Waals surface area contributed by atoms with Crippen LogP contribution in [0.15, 0.2) is 33.5 Å². The fourth-order valence-corrected chi connectivity index (χ4v) is 6.22. The van der Waals surface area contributed by atoms with Gasteiger partial charge in [0.15, 0.2) is 0 Å². The molecule has 5 rings (SSSR count). The Labute approximate surface area is 135 Å². The van der Waals surface area contributed by atoms with E-state index in [0.29, 0.717) is 0 Å². The number of benzene rings is 1. The van der Waals surface area contributed by atoms with Crippen LogP contribution in [-0.2, 0) is 4.74 Å². The number of ether oxygens (including phenoxy) is 1. The van der Waals surface area contributed by atoms with Gasteiger partial charge in [-0.3, -0.25) is 0 Å². The van der Waals surface area contributed by atoms with E-state index in [2.05, 4.69) is 3.15 Å². The lowest BCUT2D eigenvalue weighted by molar-refractivity contribution is -0.125. The van der Waals surface area contributed by atoms with E-state index in [9.17, 15) is 4.79 Å². The molecule has 4 bridgehead atoms. The van der Waals surface area contributed by atoms with Crippen molar-refractivity contribution in [3.8, 4) is 0 Å². The monoisotopic (exact) mass is 397 g/mol. The number of rotatable bonds is 2. The molecule has 21 heavy (non-hydrogen) atoms. The molecule has 0 spiro atoms. The first-order valence-corrected chi connectivity index (χ1v) is 9.88. The molecule has 4 saturated carbocycles. The number of carbonyl (C=O) groups is 1. The minimum absolute atomic E-state index is 0.157. The van der Waals surface area contributed by atoms with Crippen molar-refractivity contribution in [3.63, 3.8) is 0 Å². The summed E-state index contributed by atoms with van der Waals surface area (Å²) in [6.45, 7) is 0. The van der Waals surface area contributed by atoms with Crippen LogP contribution >= 0.6 is 21.0 Å². The van der Waals surface area contributed by atoms with E-state index < -0.39 is 21.0 Å². The third-order valence-corrected chi connectivity index (χ3v) is 7.14. The van der Waals surface area contributed by atoms with E-state index in [-0.39, 0.29) is 11.7 Å². The van der Waals surface area contributed by atoms with E-state index >= 15 is 0 Å². The van der Waals surface area contributed by atoms with E-state index in [0.717, 1.165) is 37.0 Å². The molecular formula is C17H20INO2. The highest BCUT2D eigenvalue weighted by molar-refractivity contribution is 14.2. The molecule has 1 aromatic carbocycles. The van der Waals surface area contributed by atoms with Crippen molar-refractivity contribution in [1.29, 1.82) is 0 Å². The van der Waals surface area contributed by atoms with Crippen molar-refractivity contribution in [3.05, 3.63) is 33.9 Å². The lowest BCUT2D eigenvalue weighted by Gasteiger charge is -2.55. The molecule has 1 aromatic rings. The first-order chi connectivity index (χ1) is 10.2. The summed E-state index contributed by atoms with van der Waals surface area (Å²) in [5, 5.41) is 0. The quantitative estimate of drug-likeness (QED) is 0.650. The Balaban J connectivity index is 1.44. The maximum absolute atomic E-state index is 12.1. The highest BCUT2D eigenvalue weighted by atomic mass is 127. The minimum Gasteiger partial charge on any atom is -0.441 e. The Hall–Kier alpha value is -0.780. The average Bonchev–Trinajstić information content (AvgIpc) is 2.44. The Morgan fingerprint density at radius 2 is 1.62 bits per heavy atom.